The van der Waals surface area contributed by atoms with Gasteiger partial charge in [-0.15, -0.1) is 0 Å². The number of amides is 3. The van der Waals surface area contributed by atoms with Crippen molar-refractivity contribution in [2.75, 3.05) is 6.54 Å². The van der Waals surface area contributed by atoms with Crippen LogP contribution in [0.1, 0.15) is 29.3 Å². The first-order valence-corrected chi connectivity index (χ1v) is 8.54. The van der Waals surface area contributed by atoms with Gasteiger partial charge in [-0.2, -0.15) is 0 Å². The summed E-state index contributed by atoms with van der Waals surface area (Å²) in [5.74, 6) is -3.23. The number of imide groups is 1. The van der Waals surface area contributed by atoms with Crippen LogP contribution in [0.25, 0.3) is 0 Å². The quantitative estimate of drug-likeness (QED) is 0.623. The Balaban J connectivity index is 1.90. The van der Waals surface area contributed by atoms with E-state index in [1.54, 1.807) is 31.2 Å². The third-order valence-corrected chi connectivity index (χ3v) is 4.83. The zero-order chi connectivity index (χ0) is 19.8. The standard InChI is InChI=1S/C19H15ClF2N2O3/c1-2-19(11-3-5-12(20)6-4-11)17(26)24(18(27)23-19)10-16(25)14-9-13(21)7-8-15(14)22/h3-9H,2,10H2,1H3,(H,23,27). The smallest absolute Gasteiger partial charge is 0.319 e. The maximum absolute atomic E-state index is 13.8. The number of rotatable bonds is 5. The first-order chi connectivity index (χ1) is 12.8. The van der Waals surface area contributed by atoms with Crippen LogP contribution in [0.2, 0.25) is 5.02 Å². The molecule has 2 aromatic rings. The molecular weight excluding hydrogens is 378 g/mol. The van der Waals surface area contributed by atoms with Crippen LogP contribution in [0.5, 0.6) is 0 Å². The van der Waals surface area contributed by atoms with Gasteiger partial charge in [0.2, 0.25) is 0 Å². The highest BCUT2D eigenvalue weighted by Crippen LogP contribution is 2.33. The van der Waals surface area contributed by atoms with Crippen LogP contribution in [0.3, 0.4) is 0 Å². The summed E-state index contributed by atoms with van der Waals surface area (Å²) >= 11 is 5.87. The Morgan fingerprint density at radius 2 is 1.81 bits per heavy atom. The number of halogens is 3. The van der Waals surface area contributed by atoms with Crippen molar-refractivity contribution < 1.29 is 23.2 Å². The summed E-state index contributed by atoms with van der Waals surface area (Å²) in [7, 11) is 0. The molecule has 1 aliphatic rings. The molecule has 1 saturated heterocycles. The predicted molar refractivity (Wildman–Crippen MR) is 94.4 cm³/mol. The number of urea groups is 1. The van der Waals surface area contributed by atoms with Gasteiger partial charge in [0.25, 0.3) is 5.91 Å². The molecule has 8 heteroatoms. The van der Waals surface area contributed by atoms with Gasteiger partial charge in [0, 0.05) is 5.02 Å². The van der Waals surface area contributed by atoms with E-state index >= 15 is 0 Å². The SMILES string of the molecule is CCC1(c2ccc(Cl)cc2)NC(=O)N(CC(=O)c2cc(F)ccc2F)C1=O. The number of nitrogens with zero attached hydrogens (tertiary/aromatic N) is 1. The van der Waals surface area contributed by atoms with Crippen LogP contribution in [0, 0.1) is 11.6 Å². The molecule has 27 heavy (non-hydrogen) atoms. The van der Waals surface area contributed by atoms with Gasteiger partial charge < -0.3 is 5.32 Å². The lowest BCUT2D eigenvalue weighted by atomic mass is 9.87. The number of ketones is 1. The van der Waals surface area contributed by atoms with Crippen molar-refractivity contribution >= 4 is 29.3 Å². The monoisotopic (exact) mass is 392 g/mol. The topological polar surface area (TPSA) is 66.5 Å². The Morgan fingerprint density at radius 3 is 2.44 bits per heavy atom. The van der Waals surface area contributed by atoms with Gasteiger partial charge in [-0.3, -0.25) is 14.5 Å². The maximum Gasteiger partial charge on any atom is 0.325 e. The third-order valence-electron chi connectivity index (χ3n) is 4.57. The lowest BCUT2D eigenvalue weighted by molar-refractivity contribution is -0.131. The number of benzene rings is 2. The first kappa shape index (κ1) is 19.0. The van der Waals surface area contributed by atoms with Gasteiger partial charge in [-0.25, -0.2) is 13.6 Å². The summed E-state index contributed by atoms with van der Waals surface area (Å²) < 4.78 is 27.1. The van der Waals surface area contributed by atoms with Crippen molar-refractivity contribution in [2.24, 2.45) is 0 Å². The summed E-state index contributed by atoms with van der Waals surface area (Å²) in [4.78, 5) is 38.4. The molecule has 0 aromatic heterocycles. The minimum Gasteiger partial charge on any atom is -0.319 e. The Morgan fingerprint density at radius 1 is 1.15 bits per heavy atom. The van der Waals surface area contributed by atoms with E-state index in [0.717, 1.165) is 18.2 Å². The van der Waals surface area contributed by atoms with Crippen LogP contribution >= 0.6 is 11.6 Å². The highest BCUT2D eigenvalue weighted by atomic mass is 35.5. The van der Waals surface area contributed by atoms with Gasteiger partial charge in [0.15, 0.2) is 5.78 Å². The highest BCUT2D eigenvalue weighted by molar-refractivity contribution is 6.30. The molecule has 1 aliphatic heterocycles. The minimum atomic E-state index is -1.34. The molecule has 1 atom stereocenters. The van der Waals surface area contributed by atoms with E-state index in [4.69, 9.17) is 11.6 Å². The number of nitrogens with one attached hydrogen (secondary N) is 1. The van der Waals surface area contributed by atoms with Crippen LogP contribution in [-0.2, 0) is 10.3 Å². The van der Waals surface area contributed by atoms with Gasteiger partial charge >= 0.3 is 6.03 Å². The Kier molecular flexibility index (Phi) is 4.97. The Hall–Kier alpha value is -2.80. The lowest BCUT2D eigenvalue weighted by Gasteiger charge is -2.25. The average Bonchev–Trinajstić information content (AvgIpc) is 2.89. The van der Waals surface area contributed by atoms with E-state index in [1.807, 2.05) is 0 Å². The van der Waals surface area contributed by atoms with Gasteiger partial charge in [0.1, 0.15) is 17.2 Å². The second kappa shape index (κ2) is 7.08. The van der Waals surface area contributed by atoms with E-state index in [0.29, 0.717) is 15.5 Å². The lowest BCUT2D eigenvalue weighted by Crippen LogP contribution is -2.43. The average molecular weight is 393 g/mol. The van der Waals surface area contributed by atoms with Crippen molar-refractivity contribution in [2.45, 2.75) is 18.9 Å². The fourth-order valence-corrected chi connectivity index (χ4v) is 3.21. The zero-order valence-electron chi connectivity index (χ0n) is 14.3. The minimum absolute atomic E-state index is 0.234. The van der Waals surface area contributed by atoms with Crippen LogP contribution in [0.4, 0.5) is 13.6 Å². The Labute approximate surface area is 158 Å². The van der Waals surface area contributed by atoms with Crippen molar-refractivity contribution in [3.63, 3.8) is 0 Å². The Bertz CT molecular complexity index is 933. The molecule has 3 amide bonds. The molecule has 0 aliphatic carbocycles. The van der Waals surface area contributed by atoms with Gasteiger partial charge in [0.05, 0.1) is 12.1 Å². The van der Waals surface area contributed by atoms with E-state index in [9.17, 15) is 23.2 Å². The number of hydrogen-bond donors (Lipinski definition) is 1. The molecule has 2 aromatic carbocycles. The first-order valence-electron chi connectivity index (χ1n) is 8.17. The molecule has 1 heterocycles. The molecule has 3 rings (SSSR count). The number of hydrogen-bond acceptors (Lipinski definition) is 3. The third kappa shape index (κ3) is 3.30. The molecule has 140 valence electrons. The summed E-state index contributed by atoms with van der Waals surface area (Å²) in [6.07, 6.45) is 0.234. The fraction of sp³-hybridized carbons (Fsp3) is 0.211. The predicted octanol–water partition coefficient (Wildman–Crippen LogP) is 3.66. The number of Topliss-reactive ketones (excluding diaryl/α,β-unsaturated/α-hetero) is 1. The molecule has 0 saturated carbocycles. The molecule has 5 nitrogen and oxygen atoms in total. The molecular formula is C19H15ClF2N2O3. The van der Waals surface area contributed by atoms with Crippen molar-refractivity contribution in [3.8, 4) is 0 Å². The zero-order valence-corrected chi connectivity index (χ0v) is 15.0. The second-order valence-corrected chi connectivity index (χ2v) is 6.57. The summed E-state index contributed by atoms with van der Waals surface area (Å²) in [6, 6.07) is 8.06. The summed E-state index contributed by atoms with van der Waals surface area (Å²) in [5.41, 5.74) is -1.35. The molecule has 1 N–H and O–H groups in total. The van der Waals surface area contributed by atoms with Crippen LogP contribution in [0.15, 0.2) is 42.5 Å². The normalized spacial score (nSPS) is 19.3. The van der Waals surface area contributed by atoms with Crippen molar-refractivity contribution in [1.82, 2.24) is 10.2 Å². The van der Waals surface area contributed by atoms with E-state index in [2.05, 4.69) is 5.32 Å². The number of carbonyl (C=O) groups is 3. The van der Waals surface area contributed by atoms with E-state index < -0.39 is 47.0 Å². The van der Waals surface area contributed by atoms with Crippen molar-refractivity contribution in [3.05, 3.63) is 70.2 Å². The molecule has 1 fully saturated rings. The van der Waals surface area contributed by atoms with Crippen LogP contribution < -0.4 is 5.32 Å². The summed E-state index contributed by atoms with van der Waals surface area (Å²) in [5, 5.41) is 3.08. The molecule has 0 bridgehead atoms. The van der Waals surface area contributed by atoms with E-state index in [-0.39, 0.29) is 6.42 Å². The highest BCUT2D eigenvalue weighted by Gasteiger charge is 2.51. The fourth-order valence-electron chi connectivity index (χ4n) is 3.08. The maximum atomic E-state index is 13.8. The largest absolute Gasteiger partial charge is 0.325 e. The van der Waals surface area contributed by atoms with Crippen LogP contribution in [-0.4, -0.2) is 29.2 Å². The van der Waals surface area contributed by atoms with Gasteiger partial charge in [-0.1, -0.05) is 30.7 Å². The molecule has 0 radical (unpaired) electrons. The van der Waals surface area contributed by atoms with Gasteiger partial charge in [-0.05, 0) is 42.3 Å². The number of carbonyl (C=O) groups excluding carboxylic acids is 3. The molecule has 1 unspecified atom stereocenters. The van der Waals surface area contributed by atoms with E-state index in [1.165, 1.54) is 0 Å². The summed E-state index contributed by atoms with van der Waals surface area (Å²) in [6.45, 7) is 1.02. The van der Waals surface area contributed by atoms with Crippen molar-refractivity contribution in [1.29, 1.82) is 0 Å². The molecule has 0 spiro atoms. The second-order valence-electron chi connectivity index (χ2n) is 6.13.